The molecule has 98 valence electrons. The molecule has 0 aliphatic carbocycles. The molecule has 0 aromatic heterocycles. The molecule has 0 spiro atoms. The molecule has 0 atom stereocenters. The highest BCUT2D eigenvalue weighted by atomic mass is 35.5. The molecule has 1 aromatic carbocycles. The van der Waals surface area contributed by atoms with Crippen molar-refractivity contribution in [3.05, 3.63) is 34.6 Å². The number of benzene rings is 1. The standard InChI is InChI=1S/C13H16ClFN2O/c14-12-7-11(15)2-1-10(12)8-17-5-3-9(4-6-17)13(16)18/h1-2,7,9H,3-6,8H2,(H2,16,18). The number of carbonyl (C=O) groups excluding carboxylic acids is 1. The van der Waals surface area contributed by atoms with E-state index in [1.54, 1.807) is 6.07 Å². The van der Waals surface area contributed by atoms with Crippen LogP contribution in [0.25, 0.3) is 0 Å². The summed E-state index contributed by atoms with van der Waals surface area (Å²) in [5.74, 6) is -0.546. The van der Waals surface area contributed by atoms with E-state index in [4.69, 9.17) is 17.3 Å². The number of hydrogen-bond donors (Lipinski definition) is 1. The lowest BCUT2D eigenvalue weighted by Gasteiger charge is -2.30. The Labute approximate surface area is 111 Å². The van der Waals surface area contributed by atoms with Crippen molar-refractivity contribution >= 4 is 17.5 Å². The molecule has 1 aromatic rings. The highest BCUT2D eigenvalue weighted by molar-refractivity contribution is 6.31. The van der Waals surface area contributed by atoms with Crippen LogP contribution in [0.2, 0.25) is 5.02 Å². The number of nitrogens with two attached hydrogens (primary N) is 1. The van der Waals surface area contributed by atoms with Crippen molar-refractivity contribution in [1.29, 1.82) is 0 Å². The Hall–Kier alpha value is -1.13. The second kappa shape index (κ2) is 5.67. The Morgan fingerprint density at radius 3 is 2.67 bits per heavy atom. The zero-order valence-electron chi connectivity index (χ0n) is 10.0. The summed E-state index contributed by atoms with van der Waals surface area (Å²) in [5, 5.41) is 0.451. The predicted molar refractivity (Wildman–Crippen MR) is 68.6 cm³/mol. The first kappa shape index (κ1) is 13.3. The molecule has 0 bridgehead atoms. The molecule has 2 rings (SSSR count). The summed E-state index contributed by atoms with van der Waals surface area (Å²) in [6, 6.07) is 4.45. The average molecular weight is 271 g/mol. The van der Waals surface area contributed by atoms with E-state index in [1.807, 2.05) is 0 Å². The van der Waals surface area contributed by atoms with Crippen molar-refractivity contribution in [3.63, 3.8) is 0 Å². The van der Waals surface area contributed by atoms with E-state index in [0.29, 0.717) is 11.6 Å². The minimum Gasteiger partial charge on any atom is -0.369 e. The number of amides is 1. The molecule has 0 saturated carbocycles. The number of likely N-dealkylation sites (tertiary alicyclic amines) is 1. The van der Waals surface area contributed by atoms with Crippen LogP contribution in [0.4, 0.5) is 4.39 Å². The average Bonchev–Trinajstić information content (AvgIpc) is 2.33. The van der Waals surface area contributed by atoms with Gasteiger partial charge < -0.3 is 5.73 Å². The summed E-state index contributed by atoms with van der Waals surface area (Å²) in [7, 11) is 0. The van der Waals surface area contributed by atoms with Gasteiger partial charge in [-0.1, -0.05) is 17.7 Å². The molecule has 1 aliphatic rings. The van der Waals surface area contributed by atoms with Crippen LogP contribution in [0.3, 0.4) is 0 Å². The Bertz CT molecular complexity index is 445. The Morgan fingerprint density at radius 1 is 1.44 bits per heavy atom. The molecular weight excluding hydrogens is 255 g/mol. The molecule has 1 saturated heterocycles. The summed E-state index contributed by atoms with van der Waals surface area (Å²) in [6.45, 7) is 2.33. The number of nitrogens with zero attached hydrogens (tertiary/aromatic N) is 1. The lowest BCUT2D eigenvalue weighted by molar-refractivity contribution is -0.123. The number of rotatable bonds is 3. The first-order valence-corrected chi connectivity index (χ1v) is 6.39. The summed E-state index contributed by atoms with van der Waals surface area (Å²) >= 11 is 5.99. The molecule has 0 radical (unpaired) electrons. The minimum absolute atomic E-state index is 0.00932. The zero-order chi connectivity index (χ0) is 13.1. The third-order valence-corrected chi connectivity index (χ3v) is 3.75. The van der Waals surface area contributed by atoms with Crippen LogP contribution in [-0.2, 0) is 11.3 Å². The first-order valence-electron chi connectivity index (χ1n) is 6.02. The molecule has 1 amide bonds. The number of halogens is 2. The van der Waals surface area contributed by atoms with Gasteiger partial charge in [-0.2, -0.15) is 0 Å². The first-order chi connectivity index (χ1) is 8.56. The van der Waals surface area contributed by atoms with Gasteiger partial charge in [0, 0.05) is 17.5 Å². The third kappa shape index (κ3) is 3.21. The van der Waals surface area contributed by atoms with Gasteiger partial charge in [0.15, 0.2) is 0 Å². The second-order valence-electron chi connectivity index (χ2n) is 4.69. The van der Waals surface area contributed by atoms with Crippen molar-refractivity contribution in [2.75, 3.05) is 13.1 Å². The number of piperidine rings is 1. The van der Waals surface area contributed by atoms with E-state index < -0.39 is 0 Å². The Morgan fingerprint density at radius 2 is 2.11 bits per heavy atom. The normalized spacial score (nSPS) is 17.9. The predicted octanol–water partition coefficient (Wildman–Crippen LogP) is 2.18. The van der Waals surface area contributed by atoms with Crippen LogP contribution < -0.4 is 5.73 Å². The van der Waals surface area contributed by atoms with Gasteiger partial charge in [0.25, 0.3) is 0 Å². The fourth-order valence-corrected chi connectivity index (χ4v) is 2.49. The maximum Gasteiger partial charge on any atom is 0.220 e. The minimum atomic E-state index is -0.323. The smallest absolute Gasteiger partial charge is 0.220 e. The van der Waals surface area contributed by atoms with Crippen LogP contribution in [0.15, 0.2) is 18.2 Å². The van der Waals surface area contributed by atoms with Crippen LogP contribution >= 0.6 is 11.6 Å². The topological polar surface area (TPSA) is 46.3 Å². The Balaban J connectivity index is 1.93. The SMILES string of the molecule is NC(=O)C1CCN(Cc2ccc(F)cc2Cl)CC1. The van der Waals surface area contributed by atoms with Gasteiger partial charge in [-0.15, -0.1) is 0 Å². The monoisotopic (exact) mass is 270 g/mol. The van der Waals surface area contributed by atoms with Gasteiger partial charge in [0.1, 0.15) is 5.82 Å². The second-order valence-corrected chi connectivity index (χ2v) is 5.10. The highest BCUT2D eigenvalue weighted by Gasteiger charge is 2.23. The van der Waals surface area contributed by atoms with Gasteiger partial charge >= 0.3 is 0 Å². The Kier molecular flexibility index (Phi) is 4.19. The van der Waals surface area contributed by atoms with Crippen LogP contribution in [-0.4, -0.2) is 23.9 Å². The quantitative estimate of drug-likeness (QED) is 0.915. The van der Waals surface area contributed by atoms with Crippen LogP contribution in [0, 0.1) is 11.7 Å². The molecule has 0 unspecified atom stereocenters. The van der Waals surface area contributed by atoms with E-state index in [2.05, 4.69) is 4.90 Å². The molecule has 2 N–H and O–H groups in total. The van der Waals surface area contributed by atoms with E-state index in [0.717, 1.165) is 31.5 Å². The van der Waals surface area contributed by atoms with E-state index in [1.165, 1.54) is 12.1 Å². The summed E-state index contributed by atoms with van der Waals surface area (Å²) in [5.41, 5.74) is 6.20. The molecule has 1 aliphatic heterocycles. The van der Waals surface area contributed by atoms with Crippen molar-refractivity contribution in [2.45, 2.75) is 19.4 Å². The number of primary amides is 1. The molecule has 1 heterocycles. The molecule has 1 fully saturated rings. The van der Waals surface area contributed by atoms with Crippen molar-refractivity contribution in [2.24, 2.45) is 11.7 Å². The lowest BCUT2D eigenvalue weighted by Crippen LogP contribution is -2.38. The summed E-state index contributed by atoms with van der Waals surface area (Å²) < 4.78 is 12.9. The maximum absolute atomic E-state index is 12.9. The molecule has 5 heteroatoms. The van der Waals surface area contributed by atoms with E-state index in [-0.39, 0.29) is 17.6 Å². The lowest BCUT2D eigenvalue weighted by atomic mass is 9.96. The van der Waals surface area contributed by atoms with Crippen molar-refractivity contribution < 1.29 is 9.18 Å². The fourth-order valence-electron chi connectivity index (χ4n) is 2.27. The summed E-state index contributed by atoms with van der Waals surface area (Å²) in [4.78, 5) is 13.3. The molecule has 18 heavy (non-hydrogen) atoms. The highest BCUT2D eigenvalue weighted by Crippen LogP contribution is 2.22. The van der Waals surface area contributed by atoms with Gasteiger partial charge in [0.2, 0.25) is 5.91 Å². The summed E-state index contributed by atoms with van der Waals surface area (Å²) in [6.07, 6.45) is 1.57. The number of carbonyl (C=O) groups is 1. The number of hydrogen-bond acceptors (Lipinski definition) is 2. The van der Waals surface area contributed by atoms with Gasteiger partial charge in [-0.05, 0) is 43.6 Å². The van der Waals surface area contributed by atoms with Crippen molar-refractivity contribution in [1.82, 2.24) is 4.90 Å². The van der Waals surface area contributed by atoms with Crippen LogP contribution in [0.1, 0.15) is 18.4 Å². The van der Waals surface area contributed by atoms with Gasteiger partial charge in [-0.3, -0.25) is 9.69 Å². The fraction of sp³-hybridized carbons (Fsp3) is 0.462. The van der Waals surface area contributed by atoms with E-state index in [9.17, 15) is 9.18 Å². The van der Waals surface area contributed by atoms with Gasteiger partial charge in [0.05, 0.1) is 0 Å². The van der Waals surface area contributed by atoms with Crippen molar-refractivity contribution in [3.8, 4) is 0 Å². The zero-order valence-corrected chi connectivity index (χ0v) is 10.8. The maximum atomic E-state index is 12.9. The molecule has 3 nitrogen and oxygen atoms in total. The van der Waals surface area contributed by atoms with Gasteiger partial charge in [-0.25, -0.2) is 4.39 Å². The van der Waals surface area contributed by atoms with E-state index >= 15 is 0 Å². The largest absolute Gasteiger partial charge is 0.369 e. The third-order valence-electron chi connectivity index (χ3n) is 3.40. The molecular formula is C13H16ClFN2O. The van der Waals surface area contributed by atoms with Crippen LogP contribution in [0.5, 0.6) is 0 Å².